The molecule has 9 nitrogen and oxygen atoms in total. The Labute approximate surface area is 149 Å². The number of hydrazine groups is 1. The number of esters is 1. The van der Waals surface area contributed by atoms with Crippen molar-refractivity contribution in [1.82, 2.24) is 15.8 Å². The number of likely N-dealkylation sites (N-methyl/N-ethyl adjacent to an activating group) is 1. The molecule has 0 aliphatic rings. The van der Waals surface area contributed by atoms with Crippen LogP contribution in [0.2, 0.25) is 0 Å². The molecule has 25 heavy (non-hydrogen) atoms. The van der Waals surface area contributed by atoms with Gasteiger partial charge in [-0.3, -0.25) is 15.0 Å². The van der Waals surface area contributed by atoms with E-state index in [1.807, 2.05) is 0 Å². The van der Waals surface area contributed by atoms with Crippen LogP contribution < -0.4 is 16.5 Å². The Morgan fingerprint density at radius 3 is 2.40 bits per heavy atom. The van der Waals surface area contributed by atoms with Gasteiger partial charge in [0.2, 0.25) is 5.91 Å². The molecule has 9 heteroatoms. The number of rotatable bonds is 10. The molecule has 4 N–H and O–H groups in total. The van der Waals surface area contributed by atoms with Gasteiger partial charge in [-0.2, -0.15) is 0 Å². The summed E-state index contributed by atoms with van der Waals surface area (Å²) in [6, 6.07) is -0.408. The lowest BCUT2D eigenvalue weighted by Crippen LogP contribution is -2.46. The first-order valence-corrected chi connectivity index (χ1v) is 8.43. The minimum atomic E-state index is -0.620. The third-order valence-corrected chi connectivity index (χ3v) is 2.90. The van der Waals surface area contributed by atoms with Gasteiger partial charge in [0.05, 0.1) is 6.61 Å². The van der Waals surface area contributed by atoms with Crippen LogP contribution in [-0.4, -0.2) is 61.4 Å². The predicted octanol–water partition coefficient (Wildman–Crippen LogP) is 0.535. The van der Waals surface area contributed by atoms with Crippen LogP contribution in [0.25, 0.3) is 0 Å². The number of nitrogens with zero attached hydrogens (tertiary/aromatic N) is 1. The Morgan fingerprint density at radius 1 is 1.24 bits per heavy atom. The SMILES string of the molecule is CCOC(=O)CN(C)NC(=O)CC(CCCN)NC(=O)OC(C)(C)C. The Kier molecular flexibility index (Phi) is 10.8. The van der Waals surface area contributed by atoms with Crippen molar-refractivity contribution in [1.29, 1.82) is 0 Å². The van der Waals surface area contributed by atoms with E-state index < -0.39 is 23.7 Å². The Morgan fingerprint density at radius 2 is 1.88 bits per heavy atom. The third kappa shape index (κ3) is 13.1. The fraction of sp³-hybridized carbons (Fsp3) is 0.812. The largest absolute Gasteiger partial charge is 0.465 e. The first-order valence-electron chi connectivity index (χ1n) is 8.43. The van der Waals surface area contributed by atoms with Crippen molar-refractivity contribution in [2.75, 3.05) is 26.7 Å². The van der Waals surface area contributed by atoms with Gasteiger partial charge in [0.1, 0.15) is 12.1 Å². The number of hydrogen-bond donors (Lipinski definition) is 3. The minimum Gasteiger partial charge on any atom is -0.465 e. The molecule has 0 bridgehead atoms. The minimum absolute atomic E-state index is 0.0480. The highest BCUT2D eigenvalue weighted by molar-refractivity contribution is 5.78. The average Bonchev–Trinajstić information content (AvgIpc) is 2.42. The molecule has 0 aliphatic heterocycles. The van der Waals surface area contributed by atoms with E-state index in [4.69, 9.17) is 15.2 Å². The zero-order valence-electron chi connectivity index (χ0n) is 15.9. The average molecular weight is 360 g/mol. The van der Waals surface area contributed by atoms with Crippen molar-refractivity contribution < 1.29 is 23.9 Å². The summed E-state index contributed by atoms with van der Waals surface area (Å²) in [5.74, 6) is -0.762. The fourth-order valence-electron chi connectivity index (χ4n) is 1.99. The van der Waals surface area contributed by atoms with Crippen LogP contribution in [0.5, 0.6) is 0 Å². The van der Waals surface area contributed by atoms with Crippen LogP contribution in [0.3, 0.4) is 0 Å². The lowest BCUT2D eigenvalue weighted by molar-refractivity contribution is -0.145. The molecular formula is C16H32N4O5. The van der Waals surface area contributed by atoms with Gasteiger partial charge in [0.25, 0.3) is 0 Å². The molecule has 0 aliphatic carbocycles. The molecule has 1 atom stereocenters. The molecule has 2 amide bonds. The molecule has 0 spiro atoms. The van der Waals surface area contributed by atoms with E-state index in [0.29, 0.717) is 19.4 Å². The highest BCUT2D eigenvalue weighted by Crippen LogP contribution is 2.09. The van der Waals surface area contributed by atoms with Crippen LogP contribution >= 0.6 is 0 Å². The van der Waals surface area contributed by atoms with Gasteiger partial charge >= 0.3 is 12.1 Å². The Hall–Kier alpha value is -1.87. The van der Waals surface area contributed by atoms with Crippen LogP contribution in [0.15, 0.2) is 0 Å². The summed E-state index contributed by atoms with van der Waals surface area (Å²) in [5, 5.41) is 4.03. The number of hydrogen-bond acceptors (Lipinski definition) is 7. The highest BCUT2D eigenvalue weighted by atomic mass is 16.6. The van der Waals surface area contributed by atoms with Gasteiger partial charge in [-0.1, -0.05) is 0 Å². The predicted molar refractivity (Wildman–Crippen MR) is 93.5 cm³/mol. The number of amides is 2. The van der Waals surface area contributed by atoms with Crippen LogP contribution in [0.1, 0.15) is 47.0 Å². The number of carbonyl (C=O) groups is 3. The summed E-state index contributed by atoms with van der Waals surface area (Å²) >= 11 is 0. The van der Waals surface area contributed by atoms with E-state index in [2.05, 4.69) is 10.7 Å². The van der Waals surface area contributed by atoms with Crippen LogP contribution in [0, 0.1) is 0 Å². The maximum absolute atomic E-state index is 12.1. The second kappa shape index (κ2) is 11.6. The highest BCUT2D eigenvalue weighted by Gasteiger charge is 2.21. The molecule has 0 aromatic heterocycles. The van der Waals surface area contributed by atoms with Gasteiger partial charge in [-0.15, -0.1) is 0 Å². The van der Waals surface area contributed by atoms with Crippen molar-refractivity contribution in [3.63, 3.8) is 0 Å². The van der Waals surface area contributed by atoms with E-state index in [1.54, 1.807) is 34.7 Å². The van der Waals surface area contributed by atoms with E-state index in [0.717, 1.165) is 0 Å². The summed E-state index contributed by atoms with van der Waals surface area (Å²) in [7, 11) is 1.56. The molecule has 0 rings (SSSR count). The lowest BCUT2D eigenvalue weighted by atomic mass is 10.1. The van der Waals surface area contributed by atoms with Gasteiger partial charge < -0.3 is 20.5 Å². The number of nitrogens with two attached hydrogens (primary N) is 1. The van der Waals surface area contributed by atoms with E-state index >= 15 is 0 Å². The fourth-order valence-corrected chi connectivity index (χ4v) is 1.99. The van der Waals surface area contributed by atoms with Crippen molar-refractivity contribution in [2.24, 2.45) is 5.73 Å². The summed E-state index contributed by atoms with van der Waals surface area (Å²) in [4.78, 5) is 35.4. The van der Waals surface area contributed by atoms with E-state index in [1.165, 1.54) is 5.01 Å². The number of alkyl carbamates (subject to hydrolysis) is 1. The van der Waals surface area contributed by atoms with Gasteiger partial charge in [-0.25, -0.2) is 9.80 Å². The molecular weight excluding hydrogens is 328 g/mol. The molecule has 0 saturated carbocycles. The van der Waals surface area contributed by atoms with Crippen LogP contribution in [0.4, 0.5) is 4.79 Å². The second-order valence-corrected chi connectivity index (χ2v) is 6.67. The van der Waals surface area contributed by atoms with E-state index in [9.17, 15) is 14.4 Å². The van der Waals surface area contributed by atoms with Crippen molar-refractivity contribution >= 4 is 18.0 Å². The molecule has 0 radical (unpaired) electrons. The zero-order chi connectivity index (χ0) is 19.5. The summed E-state index contributed by atoms with van der Waals surface area (Å²) in [6.07, 6.45) is 0.672. The second-order valence-electron chi connectivity index (χ2n) is 6.67. The van der Waals surface area contributed by atoms with Crippen molar-refractivity contribution in [2.45, 2.75) is 58.6 Å². The molecule has 1 unspecified atom stereocenters. The molecule has 0 aromatic rings. The summed E-state index contributed by atoms with van der Waals surface area (Å²) in [5.41, 5.74) is 7.45. The van der Waals surface area contributed by atoms with Crippen molar-refractivity contribution in [3.05, 3.63) is 0 Å². The van der Waals surface area contributed by atoms with Crippen LogP contribution in [-0.2, 0) is 19.1 Å². The molecule has 0 saturated heterocycles. The monoisotopic (exact) mass is 360 g/mol. The quantitative estimate of drug-likeness (QED) is 0.384. The topological polar surface area (TPSA) is 123 Å². The number of nitrogens with one attached hydrogen (secondary N) is 2. The molecule has 0 heterocycles. The number of carbonyl (C=O) groups excluding carboxylic acids is 3. The summed E-state index contributed by atoms with van der Waals surface area (Å²) in [6.45, 7) is 7.67. The normalized spacial score (nSPS) is 12.4. The van der Waals surface area contributed by atoms with Gasteiger partial charge in [0.15, 0.2) is 0 Å². The molecule has 146 valence electrons. The zero-order valence-corrected chi connectivity index (χ0v) is 15.9. The standard InChI is InChI=1S/C16H32N4O5/c1-6-24-14(22)11-20(5)19-13(21)10-12(8-7-9-17)18-15(23)25-16(2,3)4/h12H,6-11,17H2,1-5H3,(H,18,23)(H,19,21). The maximum atomic E-state index is 12.1. The Balaban J connectivity index is 4.50. The van der Waals surface area contributed by atoms with Crippen molar-refractivity contribution in [3.8, 4) is 0 Å². The van der Waals surface area contributed by atoms with E-state index in [-0.39, 0.29) is 25.5 Å². The first kappa shape index (κ1) is 23.1. The first-order chi connectivity index (χ1) is 11.6. The summed E-state index contributed by atoms with van der Waals surface area (Å²) < 4.78 is 10.0. The lowest BCUT2D eigenvalue weighted by Gasteiger charge is -2.24. The molecule has 0 aromatic carbocycles. The number of ether oxygens (including phenoxy) is 2. The third-order valence-electron chi connectivity index (χ3n) is 2.90. The van der Waals surface area contributed by atoms with Gasteiger partial charge in [0, 0.05) is 19.5 Å². The molecule has 0 fully saturated rings. The smallest absolute Gasteiger partial charge is 0.407 e. The Bertz CT molecular complexity index is 437. The van der Waals surface area contributed by atoms with Gasteiger partial charge in [-0.05, 0) is 47.1 Å². The maximum Gasteiger partial charge on any atom is 0.407 e.